The lowest BCUT2D eigenvalue weighted by Gasteiger charge is -2.32. The molecule has 0 spiro atoms. The van der Waals surface area contributed by atoms with E-state index in [0.717, 1.165) is 6.34 Å². The van der Waals surface area contributed by atoms with Crippen LogP contribution in [0.1, 0.15) is 92.0 Å². The molecule has 3 atom stereocenters. The first-order valence-corrected chi connectivity index (χ1v) is 20.6. The van der Waals surface area contributed by atoms with Gasteiger partial charge in [0, 0.05) is 57.0 Å². The molecule has 3 rings (SSSR count). The van der Waals surface area contributed by atoms with Crippen molar-refractivity contribution in [3.8, 4) is 0 Å². The molecule has 1 unspecified atom stereocenters. The molecule has 24 nitrogen and oxygen atoms in total. The van der Waals surface area contributed by atoms with Crippen LogP contribution in [-0.2, 0) is 40.1 Å². The Labute approximate surface area is 375 Å². The number of carboxylic acid groups (broad SMARTS) is 1. The molecule has 0 fully saturated rings. The van der Waals surface area contributed by atoms with Gasteiger partial charge in [0.25, 0.3) is 11.8 Å². The number of pyridine rings is 1. The number of unbranched alkanes of at least 4 members (excludes halogenated alkanes) is 2. The zero-order valence-electron chi connectivity index (χ0n) is 36.7. The van der Waals surface area contributed by atoms with Gasteiger partial charge in [0.1, 0.15) is 35.9 Å². The van der Waals surface area contributed by atoms with Gasteiger partial charge in [-0.25, -0.2) is 20.8 Å². The molecule has 2 aromatic rings. The van der Waals surface area contributed by atoms with Gasteiger partial charge >= 0.3 is 5.97 Å². The molecule has 7 amide bonds. The van der Waals surface area contributed by atoms with Gasteiger partial charge < -0.3 is 47.6 Å². The van der Waals surface area contributed by atoms with Crippen LogP contribution in [0.3, 0.4) is 0 Å². The van der Waals surface area contributed by atoms with Crippen molar-refractivity contribution in [2.45, 2.75) is 90.4 Å². The zero-order valence-corrected chi connectivity index (χ0v) is 36.7. The third-order valence-corrected chi connectivity index (χ3v) is 9.53. The van der Waals surface area contributed by atoms with Gasteiger partial charge in [-0.15, -0.1) is 0 Å². The minimum Gasteiger partial charge on any atom is -0.477 e. The van der Waals surface area contributed by atoms with Crippen LogP contribution in [0, 0.1) is 17.0 Å². The van der Waals surface area contributed by atoms with Crippen LogP contribution in [0.25, 0.3) is 0 Å². The molecule has 0 radical (unpaired) electrons. The summed E-state index contributed by atoms with van der Waals surface area (Å²) < 4.78 is 0. The molecule has 0 saturated heterocycles. The van der Waals surface area contributed by atoms with E-state index in [9.17, 15) is 43.2 Å². The minimum absolute atomic E-state index is 0.0466. The molecule has 1 aromatic heterocycles. The Morgan fingerprint density at radius 1 is 0.985 bits per heavy atom. The summed E-state index contributed by atoms with van der Waals surface area (Å²) in [5.74, 6) is -5.95. The van der Waals surface area contributed by atoms with Crippen molar-refractivity contribution in [1.82, 2.24) is 36.5 Å². The van der Waals surface area contributed by atoms with Crippen molar-refractivity contribution in [3.05, 3.63) is 53.2 Å². The number of nitrogens with zero attached hydrogens (tertiary/aromatic N) is 4. The predicted octanol–water partition coefficient (Wildman–Crippen LogP) is 0.647. The number of nitrogens with two attached hydrogens (primary N) is 1. The van der Waals surface area contributed by atoms with Crippen LogP contribution >= 0.6 is 0 Å². The van der Waals surface area contributed by atoms with Crippen molar-refractivity contribution >= 4 is 77.2 Å². The number of benzene rings is 1. The van der Waals surface area contributed by atoms with Gasteiger partial charge in [-0.1, -0.05) is 20.3 Å². The maximum absolute atomic E-state index is 14.0. The highest BCUT2D eigenvalue weighted by Gasteiger charge is 2.34. The lowest BCUT2D eigenvalue weighted by molar-refractivity contribution is -0.141. The van der Waals surface area contributed by atoms with Gasteiger partial charge in [0.2, 0.25) is 29.5 Å². The van der Waals surface area contributed by atoms with Crippen LogP contribution in [0.15, 0.2) is 46.6 Å². The number of carbonyl (C=O) groups excluding carboxylic acids is 8. The van der Waals surface area contributed by atoms with Crippen molar-refractivity contribution in [2.75, 3.05) is 37.4 Å². The number of ketones is 1. The Morgan fingerprint density at radius 3 is 2.35 bits per heavy atom. The van der Waals surface area contributed by atoms with Crippen LogP contribution in [0.5, 0.6) is 0 Å². The number of aliphatic carboxylic acids is 1. The summed E-state index contributed by atoms with van der Waals surface area (Å²) in [6.45, 7) is 4.54. The molecule has 2 bridgehead atoms. The number of carboxylic acids is 1. The number of nitrogens with one attached hydrogen (secondary N) is 9. The molecule has 0 aliphatic carbocycles. The van der Waals surface area contributed by atoms with E-state index in [0.29, 0.717) is 44.0 Å². The highest BCUT2D eigenvalue weighted by molar-refractivity contribution is 6.22. The number of anilines is 2. The van der Waals surface area contributed by atoms with Crippen LogP contribution in [0.4, 0.5) is 11.5 Å². The standard InChI is InChI=1S/C41H56N12O10.H2N2/c1-24(2)36-41(63)53(4)31(9-8-13-43-23-42)40(62)47-21-34(56)50-30(15-25(3)54)39(61)46-19-26-16-28(38(60)51-36)18-29(17-26)49-33(55)10-6-5-7-14-44-37(59)27-11-12-32(45-20-27)52-48-22-35(57)58;1-2/h11-12,16-18,20,22-24,30-31,36H,5-10,13-15,19,21H2,1-4H3,(H2,42,43)(H,44,59)(H,45,52)(H,46,61)(H,47,62)(H,49,55)(H,50,56)(H,51,60)(H,57,58);1-2H/b48-22-;/t30-,31-,36?;/m0./s1. The number of hydrogen-bond acceptors (Lipinski definition) is 15. The molecular weight excluding hydrogens is 849 g/mol. The van der Waals surface area contributed by atoms with E-state index in [1.807, 2.05) is 0 Å². The fraction of sp³-hybridized carbons (Fsp3) is 0.463. The van der Waals surface area contributed by atoms with Gasteiger partial charge in [-0.3, -0.25) is 48.8 Å². The number of aromatic nitrogens is 1. The summed E-state index contributed by atoms with van der Waals surface area (Å²) >= 11 is 0. The first-order chi connectivity index (χ1) is 31.0. The molecule has 1 aliphatic heterocycles. The summed E-state index contributed by atoms with van der Waals surface area (Å²) in [6, 6.07) is 3.92. The largest absolute Gasteiger partial charge is 0.477 e. The second kappa shape index (κ2) is 28.1. The van der Waals surface area contributed by atoms with E-state index in [2.05, 4.69) is 52.4 Å². The van der Waals surface area contributed by atoms with Gasteiger partial charge in [0.05, 0.1) is 18.4 Å². The Kier molecular flexibility index (Phi) is 23.1. The topological polar surface area (TPSA) is 373 Å². The van der Waals surface area contributed by atoms with Crippen molar-refractivity contribution in [1.29, 1.82) is 11.1 Å². The Balaban J connectivity index is 0.00000715. The number of hydrogen-bond donors (Lipinski definition) is 11. The van der Waals surface area contributed by atoms with Crippen LogP contribution in [0.2, 0.25) is 0 Å². The normalized spacial score (nSPS) is 17.4. The number of likely N-dealkylation sites (N-methyl/N-ethyl adjacent to an activating group) is 1. The first kappa shape index (κ1) is 53.5. The molecule has 1 aromatic carbocycles. The summed E-state index contributed by atoms with van der Waals surface area (Å²) in [5, 5.41) is 28.1. The Morgan fingerprint density at radius 2 is 1.71 bits per heavy atom. The zero-order chi connectivity index (χ0) is 48.5. The average molecular weight is 907 g/mol. The number of carbonyl (C=O) groups is 9. The maximum Gasteiger partial charge on any atom is 0.348 e. The fourth-order valence-corrected chi connectivity index (χ4v) is 6.26. The van der Waals surface area contributed by atoms with Crippen molar-refractivity contribution < 1.29 is 48.3 Å². The first-order valence-electron chi connectivity index (χ1n) is 20.6. The fourth-order valence-electron chi connectivity index (χ4n) is 6.26. The maximum atomic E-state index is 14.0. The van der Waals surface area contributed by atoms with E-state index in [4.69, 9.17) is 21.9 Å². The smallest absolute Gasteiger partial charge is 0.348 e. The molecule has 24 heteroatoms. The Bertz CT molecular complexity index is 2060. The summed E-state index contributed by atoms with van der Waals surface area (Å²) in [5.41, 5.74) is 18.7. The van der Waals surface area contributed by atoms with Crippen LogP contribution in [-0.4, -0.2) is 125 Å². The number of rotatable bonds is 18. The monoisotopic (exact) mass is 906 g/mol. The number of hydrazone groups is 1. The molecule has 352 valence electrons. The Hall–Kier alpha value is -7.66. The molecule has 12 N–H and O–H groups in total. The molecule has 65 heavy (non-hydrogen) atoms. The average Bonchev–Trinajstić information content (AvgIpc) is 3.27. The number of aliphatic imine (C=N–C) groups is 1. The van der Waals surface area contributed by atoms with Crippen molar-refractivity contribution in [3.63, 3.8) is 0 Å². The number of fused-ring (bicyclic) bond motifs is 2. The molecular formula is C41H58N14O10. The van der Waals surface area contributed by atoms with Gasteiger partial charge in [-0.2, -0.15) is 5.10 Å². The van der Waals surface area contributed by atoms with E-state index < -0.39 is 71.9 Å². The second-order valence-electron chi connectivity index (χ2n) is 15.0. The second-order valence-corrected chi connectivity index (χ2v) is 15.0. The lowest BCUT2D eigenvalue weighted by Crippen LogP contribution is -2.57. The van der Waals surface area contributed by atoms with E-state index in [1.54, 1.807) is 19.9 Å². The minimum atomic E-state index is -1.30. The third kappa shape index (κ3) is 19.1. The third-order valence-electron chi connectivity index (χ3n) is 9.53. The lowest BCUT2D eigenvalue weighted by atomic mass is 9.99. The SMILES string of the molecule is CC(=O)C[C@@H]1NC(=O)CNC(=O)[C@H](CCCN=CN)N(C)C(=O)C(C(C)C)NC(=O)c2cc(cc(NC(=O)CCCCCNC(=O)c3ccc(N/N=C\C(=O)O)nc3)c2)CNC1=O.N=N. The van der Waals surface area contributed by atoms with E-state index in [-0.39, 0.29) is 66.8 Å². The summed E-state index contributed by atoms with van der Waals surface area (Å²) in [6.07, 6.45) is 4.90. The van der Waals surface area contributed by atoms with Gasteiger partial charge in [-0.05, 0) is 74.4 Å². The predicted molar refractivity (Wildman–Crippen MR) is 237 cm³/mol. The molecule has 0 saturated carbocycles. The van der Waals surface area contributed by atoms with E-state index >= 15 is 0 Å². The quantitative estimate of drug-likeness (QED) is 0.0322. The van der Waals surface area contributed by atoms with Crippen molar-refractivity contribution in [2.24, 2.45) is 21.7 Å². The molecule has 1 aliphatic rings. The van der Waals surface area contributed by atoms with Crippen LogP contribution < -0.4 is 43.1 Å². The highest BCUT2D eigenvalue weighted by atomic mass is 16.4. The summed E-state index contributed by atoms with van der Waals surface area (Å²) in [7, 11) is 1.42. The van der Waals surface area contributed by atoms with E-state index in [1.165, 1.54) is 49.3 Å². The summed E-state index contributed by atoms with van der Waals surface area (Å²) in [4.78, 5) is 125. The highest BCUT2D eigenvalue weighted by Crippen LogP contribution is 2.19. The number of Topliss-reactive ketones (excluding diaryl/α,β-unsaturated/α-hetero) is 1. The number of amides is 7. The van der Waals surface area contributed by atoms with Gasteiger partial charge in [0.15, 0.2) is 0 Å². The molecule has 2 heterocycles.